The van der Waals surface area contributed by atoms with E-state index in [9.17, 15) is 0 Å². The van der Waals surface area contributed by atoms with E-state index in [4.69, 9.17) is 5.73 Å². The van der Waals surface area contributed by atoms with Crippen molar-refractivity contribution in [3.8, 4) is 0 Å². The monoisotopic (exact) mass is 264 g/mol. The molecule has 1 heterocycles. The van der Waals surface area contributed by atoms with Crippen LogP contribution in [0.15, 0.2) is 12.4 Å². The van der Waals surface area contributed by atoms with Gasteiger partial charge >= 0.3 is 0 Å². The lowest BCUT2D eigenvalue weighted by Crippen LogP contribution is -2.53. The SMILES string of the molecule is CCC1CCC(CN)(N(C)Cc2cnn(C)c2)CC1. The van der Waals surface area contributed by atoms with Crippen LogP contribution >= 0.6 is 0 Å². The van der Waals surface area contributed by atoms with Gasteiger partial charge in [0.05, 0.1) is 6.20 Å². The standard InChI is InChI=1S/C15H28N4/c1-4-13-5-7-15(12-16,8-6-13)18(2)10-14-9-17-19(3)11-14/h9,11,13H,4-8,10,12,16H2,1-3H3. The summed E-state index contributed by atoms with van der Waals surface area (Å²) in [5.74, 6) is 0.909. The lowest BCUT2D eigenvalue weighted by molar-refractivity contribution is 0.0579. The maximum Gasteiger partial charge on any atom is 0.0534 e. The molecule has 1 fully saturated rings. The quantitative estimate of drug-likeness (QED) is 0.886. The minimum Gasteiger partial charge on any atom is -0.329 e. The first-order valence-electron chi connectivity index (χ1n) is 7.48. The average molecular weight is 264 g/mol. The topological polar surface area (TPSA) is 47.1 Å². The molecule has 0 bridgehead atoms. The smallest absolute Gasteiger partial charge is 0.0534 e. The van der Waals surface area contributed by atoms with Gasteiger partial charge in [0.2, 0.25) is 0 Å². The van der Waals surface area contributed by atoms with Crippen molar-refractivity contribution in [2.45, 2.75) is 51.1 Å². The number of nitrogens with two attached hydrogens (primary N) is 1. The largest absolute Gasteiger partial charge is 0.329 e. The van der Waals surface area contributed by atoms with Gasteiger partial charge in [-0.1, -0.05) is 13.3 Å². The summed E-state index contributed by atoms with van der Waals surface area (Å²) in [5, 5.41) is 4.25. The predicted octanol–water partition coefficient (Wildman–Crippen LogP) is 2.15. The van der Waals surface area contributed by atoms with Crippen LogP contribution in [0.4, 0.5) is 0 Å². The van der Waals surface area contributed by atoms with Crippen molar-refractivity contribution in [3.63, 3.8) is 0 Å². The third-order valence-electron chi connectivity index (χ3n) is 4.98. The molecule has 19 heavy (non-hydrogen) atoms. The van der Waals surface area contributed by atoms with Crippen LogP contribution in [0.1, 0.15) is 44.6 Å². The van der Waals surface area contributed by atoms with Crippen molar-refractivity contribution in [1.29, 1.82) is 0 Å². The van der Waals surface area contributed by atoms with E-state index in [1.165, 1.54) is 37.7 Å². The lowest BCUT2D eigenvalue weighted by Gasteiger charge is -2.46. The highest BCUT2D eigenvalue weighted by Gasteiger charge is 2.37. The van der Waals surface area contributed by atoms with Crippen LogP contribution in [0.5, 0.6) is 0 Å². The van der Waals surface area contributed by atoms with Gasteiger partial charge in [0.15, 0.2) is 0 Å². The molecule has 1 saturated carbocycles. The number of rotatable bonds is 5. The third-order valence-corrected chi connectivity index (χ3v) is 4.98. The Kier molecular flexibility index (Phi) is 4.63. The second-order valence-electron chi connectivity index (χ2n) is 6.16. The molecule has 2 N–H and O–H groups in total. The van der Waals surface area contributed by atoms with Crippen LogP contribution in [0.25, 0.3) is 0 Å². The fraction of sp³-hybridized carbons (Fsp3) is 0.800. The molecule has 1 aromatic heterocycles. The first-order valence-corrected chi connectivity index (χ1v) is 7.48. The van der Waals surface area contributed by atoms with Gasteiger partial charge in [0.25, 0.3) is 0 Å². The molecule has 4 heteroatoms. The van der Waals surface area contributed by atoms with Gasteiger partial charge < -0.3 is 5.73 Å². The van der Waals surface area contributed by atoms with Crippen molar-refractivity contribution < 1.29 is 0 Å². The minimum atomic E-state index is 0.196. The zero-order valence-corrected chi connectivity index (χ0v) is 12.6. The molecule has 1 aromatic rings. The van der Waals surface area contributed by atoms with E-state index in [0.29, 0.717) is 0 Å². The van der Waals surface area contributed by atoms with E-state index in [2.05, 4.69) is 30.2 Å². The van der Waals surface area contributed by atoms with E-state index >= 15 is 0 Å². The van der Waals surface area contributed by atoms with Crippen LogP contribution in [0.3, 0.4) is 0 Å². The summed E-state index contributed by atoms with van der Waals surface area (Å²) in [6.07, 6.45) is 10.5. The van der Waals surface area contributed by atoms with Crippen LogP contribution in [0, 0.1) is 5.92 Å². The Morgan fingerprint density at radius 3 is 2.63 bits per heavy atom. The summed E-state index contributed by atoms with van der Waals surface area (Å²) in [7, 11) is 4.18. The lowest BCUT2D eigenvalue weighted by atomic mass is 9.74. The van der Waals surface area contributed by atoms with Gasteiger partial charge in [-0.15, -0.1) is 0 Å². The highest BCUT2D eigenvalue weighted by Crippen LogP contribution is 2.37. The Labute approximate surface area is 117 Å². The maximum atomic E-state index is 6.12. The number of hydrogen-bond donors (Lipinski definition) is 1. The van der Waals surface area contributed by atoms with Crippen molar-refractivity contribution in [3.05, 3.63) is 18.0 Å². The van der Waals surface area contributed by atoms with Gasteiger partial charge in [0.1, 0.15) is 0 Å². The Bertz CT molecular complexity index is 391. The van der Waals surface area contributed by atoms with E-state index in [1.807, 2.05) is 17.9 Å². The van der Waals surface area contributed by atoms with Gasteiger partial charge in [0, 0.05) is 37.4 Å². The average Bonchev–Trinajstić information content (AvgIpc) is 2.84. The molecule has 0 aromatic carbocycles. The summed E-state index contributed by atoms with van der Waals surface area (Å²) in [6.45, 7) is 4.02. The zero-order chi connectivity index (χ0) is 13.9. The summed E-state index contributed by atoms with van der Waals surface area (Å²) in [5.41, 5.74) is 7.59. The van der Waals surface area contributed by atoms with Crippen molar-refractivity contribution >= 4 is 0 Å². The highest BCUT2D eigenvalue weighted by molar-refractivity contribution is 5.05. The molecule has 4 nitrogen and oxygen atoms in total. The van der Waals surface area contributed by atoms with E-state index in [-0.39, 0.29) is 5.54 Å². The first-order chi connectivity index (χ1) is 9.09. The van der Waals surface area contributed by atoms with Crippen LogP contribution in [-0.4, -0.2) is 33.8 Å². The van der Waals surface area contributed by atoms with E-state index < -0.39 is 0 Å². The Morgan fingerprint density at radius 1 is 1.47 bits per heavy atom. The van der Waals surface area contributed by atoms with E-state index in [1.54, 1.807) is 0 Å². The third kappa shape index (κ3) is 3.18. The molecule has 108 valence electrons. The van der Waals surface area contributed by atoms with E-state index in [0.717, 1.165) is 19.0 Å². The van der Waals surface area contributed by atoms with Crippen molar-refractivity contribution in [2.24, 2.45) is 18.7 Å². The maximum absolute atomic E-state index is 6.12. The van der Waals surface area contributed by atoms with Crippen molar-refractivity contribution in [2.75, 3.05) is 13.6 Å². The van der Waals surface area contributed by atoms with Crippen LogP contribution < -0.4 is 5.73 Å². The summed E-state index contributed by atoms with van der Waals surface area (Å²) >= 11 is 0. The Balaban J connectivity index is 2.00. The molecule has 0 amide bonds. The summed E-state index contributed by atoms with van der Waals surface area (Å²) < 4.78 is 1.87. The van der Waals surface area contributed by atoms with Gasteiger partial charge in [-0.2, -0.15) is 5.10 Å². The number of aromatic nitrogens is 2. The number of aryl methyl sites for hydroxylation is 1. The molecule has 0 radical (unpaired) electrons. The Hall–Kier alpha value is -0.870. The molecule has 1 aliphatic rings. The fourth-order valence-electron chi connectivity index (χ4n) is 3.36. The Morgan fingerprint density at radius 2 is 2.16 bits per heavy atom. The van der Waals surface area contributed by atoms with Crippen molar-refractivity contribution in [1.82, 2.24) is 14.7 Å². The fourth-order valence-corrected chi connectivity index (χ4v) is 3.36. The normalized spacial score (nSPS) is 27.9. The highest BCUT2D eigenvalue weighted by atomic mass is 15.2. The zero-order valence-electron chi connectivity index (χ0n) is 12.6. The molecule has 0 saturated heterocycles. The van der Waals surface area contributed by atoms with Gasteiger partial charge in [-0.25, -0.2) is 0 Å². The second kappa shape index (κ2) is 6.06. The molecule has 0 unspecified atom stereocenters. The number of likely N-dealkylation sites (N-methyl/N-ethyl adjacent to an activating group) is 1. The summed E-state index contributed by atoms with van der Waals surface area (Å²) in [4.78, 5) is 2.45. The molecular formula is C15H28N4. The van der Waals surface area contributed by atoms with Gasteiger partial charge in [-0.05, 0) is 38.6 Å². The molecular weight excluding hydrogens is 236 g/mol. The minimum absolute atomic E-state index is 0.196. The number of nitrogens with zero attached hydrogens (tertiary/aromatic N) is 3. The predicted molar refractivity (Wildman–Crippen MR) is 78.7 cm³/mol. The molecule has 0 atom stereocenters. The molecule has 1 aliphatic carbocycles. The molecule has 0 spiro atoms. The first kappa shape index (κ1) is 14.5. The molecule has 0 aliphatic heterocycles. The van der Waals surface area contributed by atoms with Crippen LogP contribution in [0.2, 0.25) is 0 Å². The van der Waals surface area contributed by atoms with Gasteiger partial charge in [-0.3, -0.25) is 9.58 Å². The second-order valence-corrected chi connectivity index (χ2v) is 6.16. The number of hydrogen-bond acceptors (Lipinski definition) is 3. The summed E-state index contributed by atoms with van der Waals surface area (Å²) in [6, 6.07) is 0. The van der Waals surface area contributed by atoms with Crippen LogP contribution in [-0.2, 0) is 13.6 Å². The molecule has 2 rings (SSSR count).